The first-order chi connectivity index (χ1) is 23.6. The molecule has 0 radical (unpaired) electrons. The van der Waals surface area contributed by atoms with Crippen LogP contribution in [0.1, 0.15) is 41.8 Å². The first-order valence-electron chi connectivity index (χ1n) is 15.6. The van der Waals surface area contributed by atoms with Crippen LogP contribution in [0, 0.1) is 11.6 Å². The molecule has 0 fully saturated rings. The number of aromatic nitrogens is 1. The van der Waals surface area contributed by atoms with Gasteiger partial charge < -0.3 is 28.4 Å². The number of halogens is 2. The van der Waals surface area contributed by atoms with E-state index in [1.54, 1.807) is 47.9 Å². The van der Waals surface area contributed by atoms with Gasteiger partial charge in [0.1, 0.15) is 41.1 Å². The second kappa shape index (κ2) is 15.5. The number of hydrogen-bond donors (Lipinski definition) is 0. The van der Waals surface area contributed by atoms with Gasteiger partial charge in [-0.05, 0) is 55.2 Å². The minimum absolute atomic E-state index is 0.0132. The summed E-state index contributed by atoms with van der Waals surface area (Å²) >= 11 is 0. The molecular formula is C38H36F2N2O7. The molecule has 49 heavy (non-hydrogen) atoms. The molecule has 0 unspecified atom stereocenters. The molecule has 0 saturated carbocycles. The van der Waals surface area contributed by atoms with Crippen molar-refractivity contribution in [3.8, 4) is 22.9 Å². The maximum atomic E-state index is 14.1. The molecule has 9 nitrogen and oxygen atoms in total. The summed E-state index contributed by atoms with van der Waals surface area (Å²) in [6, 6.07) is 20.7. The number of hydrogen-bond acceptors (Lipinski definition) is 7. The molecular weight excluding hydrogens is 634 g/mol. The van der Waals surface area contributed by atoms with Crippen LogP contribution in [0.3, 0.4) is 0 Å². The predicted octanol–water partition coefficient (Wildman–Crippen LogP) is 7.03. The summed E-state index contributed by atoms with van der Waals surface area (Å²) in [5.74, 6) is -1.27. The molecule has 254 valence electrons. The van der Waals surface area contributed by atoms with E-state index in [1.165, 1.54) is 27.3 Å². The van der Waals surface area contributed by atoms with Gasteiger partial charge >= 0.3 is 5.97 Å². The van der Waals surface area contributed by atoms with Gasteiger partial charge in [-0.15, -0.1) is 0 Å². The van der Waals surface area contributed by atoms with Gasteiger partial charge in [0.15, 0.2) is 0 Å². The van der Waals surface area contributed by atoms with E-state index in [2.05, 4.69) is 0 Å². The van der Waals surface area contributed by atoms with Crippen LogP contribution < -0.4 is 24.5 Å². The monoisotopic (exact) mass is 670 g/mol. The van der Waals surface area contributed by atoms with Crippen molar-refractivity contribution in [2.45, 2.75) is 33.3 Å². The third kappa shape index (κ3) is 8.24. The van der Waals surface area contributed by atoms with Crippen molar-refractivity contribution in [1.29, 1.82) is 0 Å². The van der Waals surface area contributed by atoms with E-state index in [0.717, 1.165) is 34.6 Å². The number of pyridine rings is 1. The molecule has 4 aromatic carbocycles. The summed E-state index contributed by atoms with van der Waals surface area (Å²) in [5, 5.41) is 0.232. The Hall–Kier alpha value is -5.71. The van der Waals surface area contributed by atoms with Gasteiger partial charge in [-0.25, -0.2) is 8.78 Å². The molecule has 0 N–H and O–H groups in total. The molecule has 5 rings (SSSR count). The number of fused-ring (bicyclic) bond motifs is 1. The Morgan fingerprint density at radius 3 is 2.08 bits per heavy atom. The standard InChI is InChI=1S/C38H36F2N2O7/c1-5-41(29-16-27(39)15-28(40)17-29)38(45)35-22-42(30-18-32(46-3)20-33(19-30)47-4)36-21-31(12-13-34(36)37(35)44)48-14-6-7-25-8-10-26(11-9-25)23-49-24(2)43/h8-13,15-22H,5-7,14,23H2,1-4H3. The highest BCUT2D eigenvalue weighted by atomic mass is 19.1. The fourth-order valence-corrected chi connectivity index (χ4v) is 5.43. The molecule has 0 atom stereocenters. The summed E-state index contributed by atoms with van der Waals surface area (Å²) in [6.07, 6.45) is 2.88. The zero-order valence-corrected chi connectivity index (χ0v) is 27.6. The summed E-state index contributed by atoms with van der Waals surface area (Å²) in [4.78, 5) is 40.0. The van der Waals surface area contributed by atoms with E-state index < -0.39 is 23.0 Å². The Kier molecular flexibility index (Phi) is 10.9. The molecule has 1 heterocycles. The largest absolute Gasteiger partial charge is 0.497 e. The van der Waals surface area contributed by atoms with Crippen LogP contribution in [-0.4, -0.2) is 43.8 Å². The highest BCUT2D eigenvalue weighted by molar-refractivity contribution is 6.07. The number of rotatable bonds is 13. The summed E-state index contributed by atoms with van der Waals surface area (Å²) in [7, 11) is 3.02. The average Bonchev–Trinajstić information content (AvgIpc) is 3.09. The molecule has 5 aromatic rings. The molecule has 0 aliphatic heterocycles. The van der Waals surface area contributed by atoms with Crippen LogP contribution in [0.4, 0.5) is 14.5 Å². The Labute approximate surface area is 282 Å². The number of esters is 1. The van der Waals surface area contributed by atoms with Crippen LogP contribution in [0.2, 0.25) is 0 Å². The number of nitrogens with zero attached hydrogens (tertiary/aromatic N) is 2. The van der Waals surface area contributed by atoms with Crippen molar-refractivity contribution < 1.29 is 37.3 Å². The van der Waals surface area contributed by atoms with Crippen molar-refractivity contribution >= 4 is 28.5 Å². The van der Waals surface area contributed by atoms with Gasteiger partial charge in [0.05, 0.1) is 32.0 Å². The van der Waals surface area contributed by atoms with E-state index in [1.807, 2.05) is 24.3 Å². The van der Waals surface area contributed by atoms with Crippen molar-refractivity contribution in [3.63, 3.8) is 0 Å². The second-order valence-corrected chi connectivity index (χ2v) is 11.2. The summed E-state index contributed by atoms with van der Waals surface area (Å²) in [6.45, 7) is 3.70. The van der Waals surface area contributed by atoms with Crippen LogP contribution in [0.25, 0.3) is 16.6 Å². The van der Waals surface area contributed by atoms with Crippen LogP contribution in [0.15, 0.2) is 89.9 Å². The van der Waals surface area contributed by atoms with E-state index in [9.17, 15) is 23.2 Å². The van der Waals surface area contributed by atoms with E-state index in [0.29, 0.717) is 47.5 Å². The third-order valence-electron chi connectivity index (χ3n) is 7.88. The predicted molar refractivity (Wildman–Crippen MR) is 182 cm³/mol. The average molecular weight is 671 g/mol. The lowest BCUT2D eigenvalue weighted by Gasteiger charge is -2.22. The highest BCUT2D eigenvalue weighted by Crippen LogP contribution is 2.30. The van der Waals surface area contributed by atoms with Crippen molar-refractivity contribution in [2.75, 3.05) is 32.3 Å². The van der Waals surface area contributed by atoms with Crippen molar-refractivity contribution in [1.82, 2.24) is 4.57 Å². The Bertz CT molecular complexity index is 2000. The molecule has 1 aromatic heterocycles. The normalized spacial score (nSPS) is 10.9. The number of amides is 1. The molecule has 11 heteroatoms. The number of carbonyl (C=O) groups is 2. The lowest BCUT2D eigenvalue weighted by Crippen LogP contribution is -2.35. The minimum atomic E-state index is -0.845. The zero-order valence-electron chi connectivity index (χ0n) is 27.6. The number of methoxy groups -OCH3 is 2. The molecule has 1 amide bonds. The molecule has 0 aliphatic rings. The number of carbonyl (C=O) groups excluding carboxylic acids is 2. The Morgan fingerprint density at radius 1 is 0.816 bits per heavy atom. The maximum Gasteiger partial charge on any atom is 0.302 e. The topological polar surface area (TPSA) is 96.3 Å². The lowest BCUT2D eigenvalue weighted by molar-refractivity contribution is -0.142. The number of ether oxygens (including phenoxy) is 4. The fourth-order valence-electron chi connectivity index (χ4n) is 5.43. The van der Waals surface area contributed by atoms with Crippen molar-refractivity contribution in [2.24, 2.45) is 0 Å². The first kappa shape index (κ1) is 34.6. The highest BCUT2D eigenvalue weighted by Gasteiger charge is 2.24. The SMILES string of the molecule is CCN(C(=O)c1cn(-c2cc(OC)cc(OC)c2)c2cc(OCCCc3ccc(COC(C)=O)cc3)ccc2c1=O)c1cc(F)cc(F)c1. The minimum Gasteiger partial charge on any atom is -0.497 e. The molecule has 0 aliphatic carbocycles. The smallest absolute Gasteiger partial charge is 0.302 e. The first-order valence-corrected chi connectivity index (χ1v) is 15.6. The second-order valence-electron chi connectivity index (χ2n) is 11.2. The third-order valence-corrected chi connectivity index (χ3v) is 7.88. The van der Waals surface area contributed by atoms with Crippen LogP contribution in [0.5, 0.6) is 17.2 Å². The van der Waals surface area contributed by atoms with Crippen LogP contribution in [-0.2, 0) is 22.6 Å². The van der Waals surface area contributed by atoms with Gasteiger partial charge in [-0.1, -0.05) is 24.3 Å². The van der Waals surface area contributed by atoms with E-state index in [-0.39, 0.29) is 35.8 Å². The quantitative estimate of drug-likeness (QED) is 0.0981. The molecule has 0 bridgehead atoms. The van der Waals surface area contributed by atoms with E-state index in [4.69, 9.17) is 18.9 Å². The molecule has 0 spiro atoms. The summed E-state index contributed by atoms with van der Waals surface area (Å²) < 4.78 is 52.0. The van der Waals surface area contributed by atoms with Crippen LogP contribution >= 0.6 is 0 Å². The maximum absolute atomic E-state index is 14.1. The number of benzene rings is 4. The van der Waals surface area contributed by atoms with Gasteiger partial charge in [0.2, 0.25) is 5.43 Å². The fraction of sp³-hybridized carbons (Fsp3) is 0.237. The zero-order chi connectivity index (χ0) is 35.1. The lowest BCUT2D eigenvalue weighted by atomic mass is 10.1. The summed E-state index contributed by atoms with van der Waals surface area (Å²) in [5.41, 5.74) is 2.23. The Morgan fingerprint density at radius 2 is 1.47 bits per heavy atom. The van der Waals surface area contributed by atoms with E-state index >= 15 is 0 Å². The Balaban J connectivity index is 1.47. The van der Waals surface area contributed by atoms with Gasteiger partial charge in [-0.3, -0.25) is 14.4 Å². The van der Waals surface area contributed by atoms with Gasteiger partial charge in [0.25, 0.3) is 5.91 Å². The molecule has 0 saturated heterocycles. The van der Waals surface area contributed by atoms with Gasteiger partial charge in [0, 0.05) is 61.1 Å². The number of anilines is 1. The van der Waals surface area contributed by atoms with Crippen molar-refractivity contribution in [3.05, 3.63) is 124 Å². The number of aryl methyl sites for hydroxylation is 1. The van der Waals surface area contributed by atoms with Gasteiger partial charge in [-0.2, -0.15) is 0 Å².